The van der Waals surface area contributed by atoms with Gasteiger partial charge in [-0.25, -0.2) is 0 Å². The lowest BCUT2D eigenvalue weighted by Crippen LogP contribution is -2.44. The van der Waals surface area contributed by atoms with E-state index in [-0.39, 0.29) is 27.0 Å². The summed E-state index contributed by atoms with van der Waals surface area (Å²) < 4.78 is 13.1. The summed E-state index contributed by atoms with van der Waals surface area (Å²) in [6, 6.07) is 0. The van der Waals surface area contributed by atoms with E-state index in [2.05, 4.69) is 102 Å². The van der Waals surface area contributed by atoms with Gasteiger partial charge in [-0.05, 0) is 97.3 Å². The highest BCUT2D eigenvalue weighted by Gasteiger charge is 2.51. The Morgan fingerprint density at radius 3 is 1.95 bits per heavy atom. The van der Waals surface area contributed by atoms with E-state index in [1.54, 1.807) is 11.1 Å². The standard InChI is InChI=1S/C32H62O3Si2/c1-24(2)25-17-19-31(9)20-21-32(10,27(33)16-15-22-34-36(11,12)29(3,4)5)26(28(25)31)18-23-35-37(13,14)30(6,7)8/h18,24,27,33H,15-17,19-23H2,1-14H3/b26-18-/t27-,31+,32+/m0/s1. The first-order valence-electron chi connectivity index (χ1n) is 15.0. The van der Waals surface area contributed by atoms with Crippen LogP contribution >= 0.6 is 0 Å². The first-order valence-corrected chi connectivity index (χ1v) is 20.8. The van der Waals surface area contributed by atoms with Crippen molar-refractivity contribution in [3.05, 3.63) is 22.8 Å². The molecule has 216 valence electrons. The van der Waals surface area contributed by atoms with E-state index in [9.17, 15) is 5.11 Å². The highest BCUT2D eigenvalue weighted by molar-refractivity contribution is 6.74. The minimum absolute atomic E-state index is 0.190. The minimum Gasteiger partial charge on any atom is -0.417 e. The van der Waals surface area contributed by atoms with Gasteiger partial charge < -0.3 is 14.0 Å². The Kier molecular flexibility index (Phi) is 10.1. The van der Waals surface area contributed by atoms with Gasteiger partial charge in [-0.1, -0.05) is 80.9 Å². The Morgan fingerprint density at radius 1 is 0.892 bits per heavy atom. The van der Waals surface area contributed by atoms with Crippen LogP contribution in [0.5, 0.6) is 0 Å². The molecule has 0 saturated heterocycles. The summed E-state index contributed by atoms with van der Waals surface area (Å²) in [6.45, 7) is 34.0. The number of hydrogen-bond donors (Lipinski definition) is 1. The second-order valence-electron chi connectivity index (χ2n) is 16.0. The van der Waals surface area contributed by atoms with E-state index >= 15 is 0 Å². The Balaban J connectivity index is 2.33. The van der Waals surface area contributed by atoms with Gasteiger partial charge in [0.1, 0.15) is 0 Å². The lowest BCUT2D eigenvalue weighted by atomic mass is 9.57. The summed E-state index contributed by atoms with van der Waals surface area (Å²) in [5.74, 6) is 0.541. The Labute approximate surface area is 233 Å². The third kappa shape index (κ3) is 7.12. The molecule has 1 saturated carbocycles. The molecule has 0 aromatic carbocycles. The molecule has 2 aliphatic carbocycles. The quantitative estimate of drug-likeness (QED) is 0.217. The summed E-state index contributed by atoms with van der Waals surface area (Å²) in [4.78, 5) is 0. The van der Waals surface area contributed by atoms with Crippen LogP contribution in [0.3, 0.4) is 0 Å². The van der Waals surface area contributed by atoms with Crippen molar-refractivity contribution in [3.8, 4) is 0 Å². The fourth-order valence-corrected chi connectivity index (χ4v) is 7.72. The topological polar surface area (TPSA) is 38.7 Å². The number of hydrogen-bond acceptors (Lipinski definition) is 3. The molecule has 0 aromatic heterocycles. The molecule has 0 spiro atoms. The molecule has 0 aromatic rings. The highest BCUT2D eigenvalue weighted by atomic mass is 28.4. The molecular weight excluding hydrogens is 489 g/mol. The number of fused-ring (bicyclic) bond motifs is 1. The average Bonchev–Trinajstić information content (AvgIpc) is 3.09. The smallest absolute Gasteiger partial charge is 0.192 e. The van der Waals surface area contributed by atoms with E-state index in [0.717, 1.165) is 32.3 Å². The van der Waals surface area contributed by atoms with Crippen molar-refractivity contribution >= 4 is 16.6 Å². The van der Waals surface area contributed by atoms with Crippen LogP contribution in [0.2, 0.25) is 36.3 Å². The first-order chi connectivity index (χ1) is 16.6. The van der Waals surface area contributed by atoms with Crippen molar-refractivity contribution in [2.24, 2.45) is 16.7 Å². The molecule has 3 atom stereocenters. The monoisotopic (exact) mass is 550 g/mol. The van der Waals surface area contributed by atoms with Crippen LogP contribution in [0, 0.1) is 16.7 Å². The summed E-state index contributed by atoms with van der Waals surface area (Å²) in [7, 11) is -3.61. The summed E-state index contributed by atoms with van der Waals surface area (Å²) in [5, 5.41) is 12.2. The van der Waals surface area contributed by atoms with Crippen molar-refractivity contribution < 1.29 is 14.0 Å². The third-order valence-corrected chi connectivity index (χ3v) is 19.9. The van der Waals surface area contributed by atoms with E-state index in [1.165, 1.54) is 18.4 Å². The Hall–Kier alpha value is -0.206. The van der Waals surface area contributed by atoms with E-state index in [1.807, 2.05) is 0 Å². The Bertz CT molecular complexity index is 856. The number of allylic oxidation sites excluding steroid dienone is 2. The maximum absolute atomic E-state index is 11.8. The van der Waals surface area contributed by atoms with Crippen LogP contribution in [0.1, 0.15) is 108 Å². The molecule has 0 radical (unpaired) electrons. The zero-order valence-corrected chi connectivity index (χ0v) is 29.2. The second kappa shape index (κ2) is 11.3. The predicted octanol–water partition coefficient (Wildman–Crippen LogP) is 9.65. The third-order valence-electron chi connectivity index (χ3n) is 10.8. The number of aliphatic hydroxyl groups is 1. The molecule has 0 heterocycles. The SMILES string of the molecule is CC(C)C1=C2/C(=C/CO[Si](C)(C)C(C)(C)C)[C@](C)([C@@H](O)CCCO[Si](C)(C)C(C)(C)C)CC[C@@]2(C)CC1. The molecule has 37 heavy (non-hydrogen) atoms. The van der Waals surface area contributed by atoms with Crippen molar-refractivity contribution in [1.29, 1.82) is 0 Å². The van der Waals surface area contributed by atoms with Gasteiger partial charge in [-0.3, -0.25) is 0 Å². The molecule has 0 amide bonds. The summed E-state index contributed by atoms with van der Waals surface area (Å²) in [6.07, 6.45) is 8.33. The first kappa shape index (κ1) is 33.0. The lowest BCUT2D eigenvalue weighted by Gasteiger charge is -2.49. The largest absolute Gasteiger partial charge is 0.417 e. The molecular formula is C32H62O3Si2. The van der Waals surface area contributed by atoms with Crippen LogP contribution < -0.4 is 0 Å². The molecule has 1 fully saturated rings. The van der Waals surface area contributed by atoms with Gasteiger partial charge in [0.2, 0.25) is 0 Å². The van der Waals surface area contributed by atoms with Crippen molar-refractivity contribution in [2.45, 2.75) is 150 Å². The zero-order valence-electron chi connectivity index (χ0n) is 27.2. The van der Waals surface area contributed by atoms with Crippen LogP contribution in [-0.4, -0.2) is 41.1 Å². The normalized spacial score (nSPS) is 27.8. The van der Waals surface area contributed by atoms with Crippen LogP contribution in [0.25, 0.3) is 0 Å². The maximum Gasteiger partial charge on any atom is 0.192 e. The fraction of sp³-hybridized carbons (Fsp3) is 0.875. The molecule has 0 bridgehead atoms. The van der Waals surface area contributed by atoms with Gasteiger partial charge in [0.05, 0.1) is 12.7 Å². The van der Waals surface area contributed by atoms with Gasteiger partial charge in [-0.15, -0.1) is 0 Å². The molecule has 3 nitrogen and oxygen atoms in total. The van der Waals surface area contributed by atoms with Gasteiger partial charge in [0.15, 0.2) is 16.6 Å². The molecule has 0 aliphatic heterocycles. The van der Waals surface area contributed by atoms with Crippen molar-refractivity contribution in [1.82, 2.24) is 0 Å². The maximum atomic E-state index is 11.8. The zero-order chi connectivity index (χ0) is 28.7. The van der Waals surface area contributed by atoms with Gasteiger partial charge in [0, 0.05) is 12.0 Å². The van der Waals surface area contributed by atoms with Gasteiger partial charge in [0.25, 0.3) is 0 Å². The molecule has 1 N–H and O–H groups in total. The van der Waals surface area contributed by atoms with Crippen molar-refractivity contribution in [2.75, 3.05) is 13.2 Å². The van der Waals surface area contributed by atoms with Crippen LogP contribution in [-0.2, 0) is 8.85 Å². The van der Waals surface area contributed by atoms with E-state index in [0.29, 0.717) is 12.5 Å². The highest BCUT2D eigenvalue weighted by Crippen LogP contribution is 2.61. The van der Waals surface area contributed by atoms with Crippen LogP contribution in [0.15, 0.2) is 22.8 Å². The molecule has 5 heteroatoms. The average molecular weight is 551 g/mol. The van der Waals surface area contributed by atoms with Crippen LogP contribution in [0.4, 0.5) is 0 Å². The Morgan fingerprint density at radius 2 is 1.43 bits per heavy atom. The van der Waals surface area contributed by atoms with E-state index < -0.39 is 16.6 Å². The van der Waals surface area contributed by atoms with Gasteiger partial charge >= 0.3 is 0 Å². The molecule has 2 aliphatic rings. The number of rotatable bonds is 10. The number of aliphatic hydroxyl groups excluding tert-OH is 1. The predicted molar refractivity (Wildman–Crippen MR) is 166 cm³/mol. The lowest BCUT2D eigenvalue weighted by molar-refractivity contribution is 0.0270. The summed E-state index contributed by atoms with van der Waals surface area (Å²) >= 11 is 0. The minimum atomic E-state index is -1.85. The second-order valence-corrected chi connectivity index (χ2v) is 25.6. The summed E-state index contributed by atoms with van der Waals surface area (Å²) in [5.41, 5.74) is 4.55. The van der Waals surface area contributed by atoms with Crippen molar-refractivity contribution in [3.63, 3.8) is 0 Å². The van der Waals surface area contributed by atoms with Gasteiger partial charge in [-0.2, -0.15) is 0 Å². The molecule has 2 rings (SSSR count). The van der Waals surface area contributed by atoms with E-state index in [4.69, 9.17) is 8.85 Å². The molecule has 0 unspecified atom stereocenters. The fourth-order valence-electron chi connectivity index (χ4n) is 5.70.